The van der Waals surface area contributed by atoms with Gasteiger partial charge in [0.05, 0.1) is 20.8 Å². The Morgan fingerprint density at radius 3 is 2.54 bits per heavy atom. The number of thioether (sulfide) groups is 1. The number of benzene rings is 2. The SMILES string of the molecule is COc1ccc(NC(N)=NCc2ccc(C)cc2SC)cc1OC. The number of aryl methyl sites for hydroxylation is 1. The van der Waals surface area contributed by atoms with Gasteiger partial charge in [-0.2, -0.15) is 0 Å². The maximum Gasteiger partial charge on any atom is 0.193 e. The van der Waals surface area contributed by atoms with E-state index >= 15 is 0 Å². The Kier molecular flexibility index (Phi) is 6.37. The van der Waals surface area contributed by atoms with Crippen LogP contribution >= 0.6 is 11.8 Å². The lowest BCUT2D eigenvalue weighted by Crippen LogP contribution is -2.22. The number of nitrogens with one attached hydrogen (secondary N) is 1. The molecular formula is C18H23N3O2S. The summed E-state index contributed by atoms with van der Waals surface area (Å²) in [5.74, 6) is 1.66. The van der Waals surface area contributed by atoms with Gasteiger partial charge in [0.2, 0.25) is 0 Å². The number of nitrogens with zero attached hydrogens (tertiary/aromatic N) is 1. The summed E-state index contributed by atoms with van der Waals surface area (Å²) in [5, 5.41) is 3.07. The molecule has 0 aliphatic rings. The van der Waals surface area contributed by atoms with Crippen molar-refractivity contribution in [1.82, 2.24) is 0 Å². The standard InChI is InChI=1S/C18H23N3O2S/c1-12-5-6-13(17(9-12)24-4)11-20-18(19)21-14-7-8-15(22-2)16(10-14)23-3/h5-10H,11H2,1-4H3,(H3,19,20,21). The van der Waals surface area contributed by atoms with E-state index < -0.39 is 0 Å². The lowest BCUT2D eigenvalue weighted by Gasteiger charge is -2.11. The van der Waals surface area contributed by atoms with E-state index in [0.717, 1.165) is 11.3 Å². The Bertz CT molecular complexity index is 732. The van der Waals surface area contributed by atoms with Gasteiger partial charge in [0.25, 0.3) is 0 Å². The smallest absolute Gasteiger partial charge is 0.193 e. The van der Waals surface area contributed by atoms with Crippen molar-refractivity contribution in [2.45, 2.75) is 18.4 Å². The minimum Gasteiger partial charge on any atom is -0.493 e. The average Bonchev–Trinajstić information content (AvgIpc) is 2.60. The van der Waals surface area contributed by atoms with Gasteiger partial charge >= 0.3 is 0 Å². The summed E-state index contributed by atoms with van der Waals surface area (Å²) in [7, 11) is 3.20. The number of aliphatic imine (C=N–C) groups is 1. The van der Waals surface area contributed by atoms with Gasteiger partial charge in [-0.3, -0.25) is 0 Å². The van der Waals surface area contributed by atoms with Crippen LogP contribution in [-0.4, -0.2) is 26.4 Å². The number of anilines is 1. The molecule has 0 radical (unpaired) electrons. The molecule has 0 fully saturated rings. The van der Waals surface area contributed by atoms with Crippen LogP contribution in [0.5, 0.6) is 11.5 Å². The van der Waals surface area contributed by atoms with Crippen LogP contribution in [0.15, 0.2) is 46.3 Å². The van der Waals surface area contributed by atoms with Crippen molar-refractivity contribution < 1.29 is 9.47 Å². The maximum absolute atomic E-state index is 6.00. The molecule has 0 aliphatic carbocycles. The highest BCUT2D eigenvalue weighted by atomic mass is 32.2. The predicted octanol–water partition coefficient (Wildman–Crippen LogP) is 3.66. The third kappa shape index (κ3) is 4.58. The first-order valence-electron chi connectivity index (χ1n) is 7.50. The van der Waals surface area contributed by atoms with Gasteiger partial charge in [0, 0.05) is 16.6 Å². The summed E-state index contributed by atoms with van der Waals surface area (Å²) < 4.78 is 10.5. The van der Waals surface area contributed by atoms with Gasteiger partial charge < -0.3 is 20.5 Å². The van der Waals surface area contributed by atoms with Gasteiger partial charge in [0.1, 0.15) is 0 Å². The minimum atomic E-state index is 0.356. The van der Waals surface area contributed by atoms with E-state index in [9.17, 15) is 0 Å². The van der Waals surface area contributed by atoms with Crippen LogP contribution in [0.25, 0.3) is 0 Å². The van der Waals surface area contributed by atoms with Crippen molar-refractivity contribution in [3.8, 4) is 11.5 Å². The van der Waals surface area contributed by atoms with Gasteiger partial charge in [-0.1, -0.05) is 12.1 Å². The molecule has 128 valence electrons. The normalized spacial score (nSPS) is 11.2. The van der Waals surface area contributed by atoms with Crippen LogP contribution in [0.4, 0.5) is 5.69 Å². The van der Waals surface area contributed by atoms with Gasteiger partial charge in [-0.05, 0) is 42.5 Å². The molecule has 0 aliphatic heterocycles. The summed E-state index contributed by atoms with van der Waals surface area (Å²) >= 11 is 1.71. The molecule has 0 saturated heterocycles. The zero-order valence-corrected chi connectivity index (χ0v) is 15.2. The van der Waals surface area contributed by atoms with E-state index in [-0.39, 0.29) is 0 Å². The van der Waals surface area contributed by atoms with E-state index in [1.807, 2.05) is 18.2 Å². The largest absolute Gasteiger partial charge is 0.493 e. The fraction of sp³-hybridized carbons (Fsp3) is 0.278. The molecule has 0 aromatic heterocycles. The Balaban J connectivity index is 2.09. The first kappa shape index (κ1) is 18.0. The number of ether oxygens (including phenoxy) is 2. The van der Waals surface area contributed by atoms with Crippen LogP contribution in [0, 0.1) is 6.92 Å². The van der Waals surface area contributed by atoms with E-state index in [4.69, 9.17) is 15.2 Å². The topological polar surface area (TPSA) is 68.9 Å². The minimum absolute atomic E-state index is 0.356. The van der Waals surface area contributed by atoms with Gasteiger partial charge in [0.15, 0.2) is 17.5 Å². The Labute approximate surface area is 147 Å². The second-order valence-corrected chi connectivity index (χ2v) is 6.06. The number of guanidine groups is 1. The van der Waals surface area contributed by atoms with E-state index in [1.54, 1.807) is 26.0 Å². The number of nitrogens with two attached hydrogens (primary N) is 1. The number of hydrogen-bond acceptors (Lipinski definition) is 4. The Morgan fingerprint density at radius 2 is 1.88 bits per heavy atom. The summed E-state index contributed by atoms with van der Waals surface area (Å²) in [4.78, 5) is 5.64. The van der Waals surface area contributed by atoms with E-state index in [2.05, 4.69) is 41.7 Å². The van der Waals surface area contributed by atoms with Gasteiger partial charge in [-0.25, -0.2) is 4.99 Å². The molecule has 5 nitrogen and oxygen atoms in total. The molecule has 2 aromatic rings. The molecule has 0 unspecified atom stereocenters. The molecule has 6 heteroatoms. The first-order valence-corrected chi connectivity index (χ1v) is 8.72. The molecule has 2 aromatic carbocycles. The van der Waals surface area contributed by atoms with Gasteiger partial charge in [-0.15, -0.1) is 11.8 Å². The summed E-state index contributed by atoms with van der Waals surface area (Å²) in [5.41, 5.74) is 9.19. The number of methoxy groups -OCH3 is 2. The molecule has 3 N–H and O–H groups in total. The Morgan fingerprint density at radius 1 is 1.12 bits per heavy atom. The molecule has 0 saturated carbocycles. The fourth-order valence-electron chi connectivity index (χ4n) is 2.25. The first-order chi connectivity index (χ1) is 11.6. The Hall–Kier alpha value is -2.34. The van der Waals surface area contributed by atoms with Crippen molar-refractivity contribution >= 4 is 23.4 Å². The van der Waals surface area contributed by atoms with Crippen LogP contribution in [0.3, 0.4) is 0 Å². The predicted molar refractivity (Wildman–Crippen MR) is 101 cm³/mol. The highest BCUT2D eigenvalue weighted by Gasteiger charge is 2.06. The highest BCUT2D eigenvalue weighted by Crippen LogP contribution is 2.29. The number of hydrogen-bond donors (Lipinski definition) is 2. The van der Waals surface area contributed by atoms with Crippen LogP contribution in [0.2, 0.25) is 0 Å². The van der Waals surface area contributed by atoms with Crippen molar-refractivity contribution in [1.29, 1.82) is 0 Å². The second kappa shape index (κ2) is 8.49. The molecule has 0 spiro atoms. The summed E-state index contributed by atoms with van der Waals surface area (Å²) in [6.07, 6.45) is 2.06. The van der Waals surface area contributed by atoms with Crippen molar-refractivity contribution in [2.75, 3.05) is 25.8 Å². The quantitative estimate of drug-likeness (QED) is 0.475. The third-order valence-corrected chi connectivity index (χ3v) is 4.34. The van der Waals surface area contributed by atoms with Crippen molar-refractivity contribution in [3.63, 3.8) is 0 Å². The lowest BCUT2D eigenvalue weighted by atomic mass is 10.1. The van der Waals surface area contributed by atoms with Crippen LogP contribution < -0.4 is 20.5 Å². The molecular weight excluding hydrogens is 322 g/mol. The second-order valence-electron chi connectivity index (χ2n) is 5.21. The maximum atomic E-state index is 6.00. The van der Waals surface area contributed by atoms with E-state index in [0.29, 0.717) is 24.0 Å². The zero-order chi connectivity index (χ0) is 17.5. The zero-order valence-electron chi connectivity index (χ0n) is 14.4. The van der Waals surface area contributed by atoms with Crippen LogP contribution in [-0.2, 0) is 6.54 Å². The fourth-order valence-corrected chi connectivity index (χ4v) is 2.95. The third-order valence-electron chi connectivity index (χ3n) is 3.52. The summed E-state index contributed by atoms with van der Waals surface area (Å²) in [6.45, 7) is 2.61. The molecule has 24 heavy (non-hydrogen) atoms. The van der Waals surface area contributed by atoms with Crippen molar-refractivity contribution in [2.24, 2.45) is 10.7 Å². The monoisotopic (exact) mass is 345 g/mol. The lowest BCUT2D eigenvalue weighted by molar-refractivity contribution is 0.355. The highest BCUT2D eigenvalue weighted by molar-refractivity contribution is 7.98. The van der Waals surface area contributed by atoms with Crippen molar-refractivity contribution in [3.05, 3.63) is 47.5 Å². The number of rotatable bonds is 6. The molecule has 0 amide bonds. The van der Waals surface area contributed by atoms with Crippen LogP contribution in [0.1, 0.15) is 11.1 Å². The molecule has 0 bridgehead atoms. The average molecular weight is 345 g/mol. The molecule has 0 heterocycles. The molecule has 0 atom stereocenters. The van der Waals surface area contributed by atoms with E-state index in [1.165, 1.54) is 10.5 Å². The molecule has 2 rings (SSSR count). The summed E-state index contributed by atoms with van der Waals surface area (Å²) in [6, 6.07) is 11.8.